The molecule has 3 aromatic rings. The van der Waals surface area contributed by atoms with Crippen molar-refractivity contribution >= 4 is 27.2 Å². The number of fused-ring (bicyclic) bond motifs is 1. The van der Waals surface area contributed by atoms with Crippen molar-refractivity contribution in [1.82, 2.24) is 4.98 Å². The Labute approximate surface area is 111 Å². The molecule has 2 N–H and O–H groups in total. The number of ether oxygens (including phenoxy) is 1. The van der Waals surface area contributed by atoms with Crippen LogP contribution in [0.3, 0.4) is 0 Å². The van der Waals surface area contributed by atoms with Gasteiger partial charge in [-0.1, -0.05) is 0 Å². The maximum Gasteiger partial charge on any atom is 0.162 e. The van der Waals surface area contributed by atoms with E-state index in [2.05, 4.69) is 4.98 Å². The third-order valence-electron chi connectivity index (χ3n) is 2.62. The molecule has 0 aliphatic carbocycles. The number of thiazole rings is 1. The second-order valence-corrected chi connectivity index (χ2v) is 4.74. The zero-order chi connectivity index (χ0) is 13.4. The molecule has 6 heteroatoms. The van der Waals surface area contributed by atoms with Crippen LogP contribution in [-0.2, 0) is 0 Å². The Morgan fingerprint density at radius 2 is 1.95 bits per heavy atom. The summed E-state index contributed by atoms with van der Waals surface area (Å²) >= 11 is 1.46. The molecule has 0 aliphatic heterocycles. The minimum atomic E-state index is -0.967. The van der Waals surface area contributed by atoms with Crippen molar-refractivity contribution in [3.63, 3.8) is 0 Å². The van der Waals surface area contributed by atoms with E-state index in [0.717, 1.165) is 16.8 Å². The fourth-order valence-corrected chi connectivity index (χ4v) is 2.38. The molecule has 0 aliphatic rings. The normalized spacial score (nSPS) is 10.8. The molecule has 0 bridgehead atoms. The largest absolute Gasteiger partial charge is 0.455 e. The van der Waals surface area contributed by atoms with Gasteiger partial charge in [0, 0.05) is 6.07 Å². The molecule has 1 heterocycles. The first kappa shape index (κ1) is 11.9. The first-order chi connectivity index (χ1) is 9.15. The minimum absolute atomic E-state index is 0.181. The second-order valence-electron chi connectivity index (χ2n) is 3.85. The van der Waals surface area contributed by atoms with Gasteiger partial charge < -0.3 is 10.5 Å². The second kappa shape index (κ2) is 4.47. The van der Waals surface area contributed by atoms with E-state index >= 15 is 0 Å². The Balaban J connectivity index is 2.00. The first-order valence-corrected chi connectivity index (χ1v) is 6.27. The van der Waals surface area contributed by atoms with Gasteiger partial charge in [0.25, 0.3) is 0 Å². The Kier molecular flexibility index (Phi) is 2.79. The van der Waals surface area contributed by atoms with Gasteiger partial charge in [-0.15, -0.1) is 11.3 Å². The molecule has 0 saturated heterocycles. The molecule has 3 rings (SSSR count). The summed E-state index contributed by atoms with van der Waals surface area (Å²) in [7, 11) is 0. The zero-order valence-electron chi connectivity index (χ0n) is 9.56. The lowest BCUT2D eigenvalue weighted by Gasteiger charge is -2.08. The molecule has 2 aromatic carbocycles. The molecule has 0 fully saturated rings. The Bertz CT molecular complexity index is 757. The number of nitrogens with two attached hydrogens (primary N) is 1. The third kappa shape index (κ3) is 2.10. The van der Waals surface area contributed by atoms with Crippen LogP contribution in [0.15, 0.2) is 35.8 Å². The summed E-state index contributed by atoms with van der Waals surface area (Å²) in [5, 5.41) is 0. The minimum Gasteiger partial charge on any atom is -0.455 e. The van der Waals surface area contributed by atoms with Gasteiger partial charge in [-0.2, -0.15) is 0 Å². The average Bonchev–Trinajstić information content (AvgIpc) is 2.86. The highest BCUT2D eigenvalue weighted by Crippen LogP contribution is 2.34. The monoisotopic (exact) mass is 278 g/mol. The van der Waals surface area contributed by atoms with Crippen molar-refractivity contribution in [2.75, 3.05) is 5.73 Å². The standard InChI is InChI=1S/C13H8F2N2OS/c14-8-2-1-7(5-9(8)15)18-10-3-4-11-13(12(10)16)17-6-19-11/h1-6H,16H2. The molecule has 0 spiro atoms. The fourth-order valence-electron chi connectivity index (χ4n) is 1.69. The van der Waals surface area contributed by atoms with Gasteiger partial charge in [-0.25, -0.2) is 13.8 Å². The van der Waals surface area contributed by atoms with Gasteiger partial charge in [0.05, 0.1) is 10.2 Å². The van der Waals surface area contributed by atoms with E-state index in [1.165, 1.54) is 17.4 Å². The predicted molar refractivity (Wildman–Crippen MR) is 70.5 cm³/mol. The van der Waals surface area contributed by atoms with E-state index in [0.29, 0.717) is 17.0 Å². The van der Waals surface area contributed by atoms with Crippen LogP contribution >= 0.6 is 11.3 Å². The number of benzene rings is 2. The SMILES string of the molecule is Nc1c(Oc2ccc(F)c(F)c2)ccc2scnc12. The predicted octanol–water partition coefficient (Wildman–Crippen LogP) is 3.95. The van der Waals surface area contributed by atoms with E-state index in [4.69, 9.17) is 10.5 Å². The number of nitrogen functional groups attached to an aromatic ring is 1. The number of nitrogens with zero attached hydrogens (tertiary/aromatic N) is 1. The van der Waals surface area contributed by atoms with Crippen LogP contribution in [0.1, 0.15) is 0 Å². The topological polar surface area (TPSA) is 48.1 Å². The smallest absolute Gasteiger partial charge is 0.162 e. The summed E-state index contributed by atoms with van der Waals surface area (Å²) in [6.45, 7) is 0. The van der Waals surface area contributed by atoms with Crippen molar-refractivity contribution in [2.24, 2.45) is 0 Å². The van der Waals surface area contributed by atoms with E-state index in [1.807, 2.05) is 6.07 Å². The summed E-state index contributed by atoms with van der Waals surface area (Å²) < 4.78 is 32.3. The highest BCUT2D eigenvalue weighted by atomic mass is 32.1. The van der Waals surface area contributed by atoms with Crippen molar-refractivity contribution in [3.8, 4) is 11.5 Å². The van der Waals surface area contributed by atoms with E-state index in [-0.39, 0.29) is 5.75 Å². The van der Waals surface area contributed by atoms with Gasteiger partial charge in [0.1, 0.15) is 17.0 Å². The maximum atomic E-state index is 13.1. The lowest BCUT2D eigenvalue weighted by molar-refractivity contribution is 0.463. The van der Waals surface area contributed by atoms with Crippen molar-refractivity contribution in [3.05, 3.63) is 47.5 Å². The summed E-state index contributed by atoms with van der Waals surface area (Å²) in [5.41, 5.74) is 8.64. The summed E-state index contributed by atoms with van der Waals surface area (Å²) in [6.07, 6.45) is 0. The van der Waals surface area contributed by atoms with Crippen LogP contribution in [0, 0.1) is 11.6 Å². The van der Waals surface area contributed by atoms with Crippen molar-refractivity contribution in [2.45, 2.75) is 0 Å². The van der Waals surface area contributed by atoms with E-state index < -0.39 is 11.6 Å². The highest BCUT2D eigenvalue weighted by Gasteiger charge is 2.10. The van der Waals surface area contributed by atoms with Crippen molar-refractivity contribution in [1.29, 1.82) is 0 Å². The van der Waals surface area contributed by atoms with Gasteiger partial charge >= 0.3 is 0 Å². The Hall–Kier alpha value is -2.21. The first-order valence-electron chi connectivity index (χ1n) is 5.40. The molecule has 0 amide bonds. The van der Waals surface area contributed by atoms with Crippen LogP contribution in [0.4, 0.5) is 14.5 Å². The van der Waals surface area contributed by atoms with E-state index in [1.54, 1.807) is 11.6 Å². The van der Waals surface area contributed by atoms with Gasteiger partial charge in [0.15, 0.2) is 17.4 Å². The Morgan fingerprint density at radius 3 is 2.74 bits per heavy atom. The zero-order valence-corrected chi connectivity index (χ0v) is 10.4. The van der Waals surface area contributed by atoms with Gasteiger partial charge in [-0.05, 0) is 24.3 Å². The third-order valence-corrected chi connectivity index (χ3v) is 3.41. The quantitative estimate of drug-likeness (QED) is 0.722. The fraction of sp³-hybridized carbons (Fsp3) is 0. The molecule has 1 aromatic heterocycles. The van der Waals surface area contributed by atoms with Gasteiger partial charge in [0.2, 0.25) is 0 Å². The van der Waals surface area contributed by atoms with Crippen LogP contribution < -0.4 is 10.5 Å². The molecule has 19 heavy (non-hydrogen) atoms. The number of anilines is 1. The van der Waals surface area contributed by atoms with Crippen molar-refractivity contribution < 1.29 is 13.5 Å². The van der Waals surface area contributed by atoms with Crippen LogP contribution in [0.25, 0.3) is 10.2 Å². The summed E-state index contributed by atoms with van der Waals surface area (Å²) in [4.78, 5) is 4.13. The molecule has 0 atom stereocenters. The summed E-state index contributed by atoms with van der Waals surface area (Å²) in [5.74, 6) is -1.34. The summed E-state index contributed by atoms with van der Waals surface area (Å²) in [6, 6.07) is 6.81. The van der Waals surface area contributed by atoms with E-state index in [9.17, 15) is 8.78 Å². The highest BCUT2D eigenvalue weighted by molar-refractivity contribution is 7.16. The number of rotatable bonds is 2. The molecule has 0 unspecified atom stereocenters. The van der Waals surface area contributed by atoms with Crippen LogP contribution in [0.5, 0.6) is 11.5 Å². The number of hydrogen-bond acceptors (Lipinski definition) is 4. The molecule has 0 saturated carbocycles. The van der Waals surface area contributed by atoms with Gasteiger partial charge in [-0.3, -0.25) is 0 Å². The molecular formula is C13H8F2N2OS. The average molecular weight is 278 g/mol. The molecule has 3 nitrogen and oxygen atoms in total. The number of hydrogen-bond donors (Lipinski definition) is 1. The number of aromatic nitrogens is 1. The Morgan fingerprint density at radius 1 is 1.11 bits per heavy atom. The molecule has 0 radical (unpaired) electrons. The van der Waals surface area contributed by atoms with Crippen LogP contribution in [-0.4, -0.2) is 4.98 Å². The lowest BCUT2D eigenvalue weighted by Crippen LogP contribution is -1.94. The maximum absolute atomic E-state index is 13.1. The molecule has 96 valence electrons. The molecular weight excluding hydrogens is 270 g/mol. The number of halogens is 2. The lowest BCUT2D eigenvalue weighted by atomic mass is 10.2. The van der Waals surface area contributed by atoms with Crippen LogP contribution in [0.2, 0.25) is 0 Å².